The minimum Gasteiger partial charge on any atom is -0.480 e. The quantitative estimate of drug-likeness (QED) is 0.638. The molecule has 0 spiro atoms. The number of unbranched alkanes of at least 4 members (excludes halogenated alkanes) is 4. The first-order chi connectivity index (χ1) is 6.59. The van der Waals surface area contributed by atoms with Crippen molar-refractivity contribution in [2.45, 2.75) is 58.4 Å². The number of hydrogen-bond donors (Lipinski definition) is 2. The fourth-order valence-corrected chi connectivity index (χ4v) is 1.49. The Morgan fingerprint density at radius 2 is 1.80 bits per heavy atom. The molecule has 15 heavy (non-hydrogen) atoms. The highest BCUT2D eigenvalue weighted by Gasteiger charge is 2.18. The molecule has 0 saturated carbocycles. The van der Waals surface area contributed by atoms with Gasteiger partial charge in [-0.25, -0.2) is 0 Å². The van der Waals surface area contributed by atoms with Gasteiger partial charge in [0.25, 0.3) is 0 Å². The summed E-state index contributed by atoms with van der Waals surface area (Å²) in [5.74, 6) is -0.791. The summed E-state index contributed by atoms with van der Waals surface area (Å²) in [5.41, 5.74) is 5.50. The van der Waals surface area contributed by atoms with Gasteiger partial charge in [0.05, 0.1) is 0 Å². The number of carboxylic acids is 1. The number of halogens is 1. The summed E-state index contributed by atoms with van der Waals surface area (Å²) in [6.07, 6.45) is 7.00. The Kier molecular flexibility index (Phi) is 11.7. The van der Waals surface area contributed by atoms with Gasteiger partial charge < -0.3 is 10.8 Å². The Hall–Kier alpha value is -0.280. The molecule has 4 heteroatoms. The Balaban J connectivity index is 0. The molecular weight excluding hydrogens is 214 g/mol. The average Bonchev–Trinajstić information content (AvgIpc) is 2.16. The third-order valence-corrected chi connectivity index (χ3v) is 2.66. The van der Waals surface area contributed by atoms with E-state index in [-0.39, 0.29) is 18.3 Å². The molecule has 0 aromatic heterocycles. The smallest absolute Gasteiger partial charge is 0.320 e. The van der Waals surface area contributed by atoms with Crippen LogP contribution >= 0.6 is 12.4 Å². The van der Waals surface area contributed by atoms with Crippen LogP contribution in [0.2, 0.25) is 0 Å². The van der Waals surface area contributed by atoms with Crippen molar-refractivity contribution in [2.75, 3.05) is 0 Å². The first-order valence-electron chi connectivity index (χ1n) is 5.58. The molecule has 0 aromatic carbocycles. The Morgan fingerprint density at radius 1 is 1.27 bits per heavy atom. The molecule has 0 rings (SSSR count). The second-order valence-corrected chi connectivity index (χ2v) is 4.04. The summed E-state index contributed by atoms with van der Waals surface area (Å²) in [5, 5.41) is 8.67. The van der Waals surface area contributed by atoms with E-state index in [0.717, 1.165) is 12.8 Å². The van der Waals surface area contributed by atoms with E-state index < -0.39 is 12.0 Å². The van der Waals surface area contributed by atoms with Gasteiger partial charge in [0.1, 0.15) is 6.04 Å². The number of nitrogens with two attached hydrogens (primary N) is 1. The van der Waals surface area contributed by atoms with E-state index in [1.54, 1.807) is 0 Å². The van der Waals surface area contributed by atoms with Gasteiger partial charge in [0.15, 0.2) is 0 Å². The van der Waals surface area contributed by atoms with Crippen molar-refractivity contribution in [3.63, 3.8) is 0 Å². The largest absolute Gasteiger partial charge is 0.480 e. The summed E-state index contributed by atoms with van der Waals surface area (Å²) >= 11 is 0. The van der Waals surface area contributed by atoms with E-state index in [2.05, 4.69) is 6.92 Å². The van der Waals surface area contributed by atoms with Crippen LogP contribution in [-0.2, 0) is 4.79 Å². The second kappa shape index (κ2) is 10.2. The van der Waals surface area contributed by atoms with Crippen LogP contribution < -0.4 is 5.73 Å². The van der Waals surface area contributed by atoms with Gasteiger partial charge in [-0.15, -0.1) is 12.4 Å². The van der Waals surface area contributed by atoms with Gasteiger partial charge in [-0.3, -0.25) is 4.79 Å². The van der Waals surface area contributed by atoms with Gasteiger partial charge in [0, 0.05) is 0 Å². The van der Waals surface area contributed by atoms with Gasteiger partial charge in [-0.1, -0.05) is 46.0 Å². The molecule has 0 aromatic rings. The lowest BCUT2D eigenvalue weighted by Crippen LogP contribution is -2.36. The molecule has 3 N–H and O–H groups in total. The summed E-state index contributed by atoms with van der Waals surface area (Å²) < 4.78 is 0. The van der Waals surface area contributed by atoms with Crippen LogP contribution in [0.3, 0.4) is 0 Å². The number of carbonyl (C=O) groups is 1. The van der Waals surface area contributed by atoms with Crippen LogP contribution in [0.5, 0.6) is 0 Å². The summed E-state index contributed by atoms with van der Waals surface area (Å²) in [4.78, 5) is 10.6. The van der Waals surface area contributed by atoms with Crippen molar-refractivity contribution in [1.82, 2.24) is 0 Å². The van der Waals surface area contributed by atoms with Gasteiger partial charge in [-0.2, -0.15) is 0 Å². The fraction of sp³-hybridized carbons (Fsp3) is 0.909. The lowest BCUT2D eigenvalue weighted by molar-refractivity contribution is -0.139. The first kappa shape index (κ1) is 17.1. The SMILES string of the molecule is CCCCCCCC(C)C(N)C(=O)O.Cl. The van der Waals surface area contributed by atoms with Crippen molar-refractivity contribution in [1.29, 1.82) is 0 Å². The van der Waals surface area contributed by atoms with Gasteiger partial charge in [-0.05, 0) is 12.3 Å². The molecule has 0 aliphatic rings. The molecule has 92 valence electrons. The first-order valence-corrected chi connectivity index (χ1v) is 5.58. The monoisotopic (exact) mass is 237 g/mol. The van der Waals surface area contributed by atoms with Crippen LogP contribution in [0.25, 0.3) is 0 Å². The fourth-order valence-electron chi connectivity index (χ4n) is 1.49. The second-order valence-electron chi connectivity index (χ2n) is 4.04. The average molecular weight is 238 g/mol. The molecule has 3 nitrogen and oxygen atoms in total. The van der Waals surface area contributed by atoms with Crippen molar-refractivity contribution in [2.24, 2.45) is 11.7 Å². The molecule has 2 unspecified atom stereocenters. The lowest BCUT2D eigenvalue weighted by Gasteiger charge is -2.15. The summed E-state index contributed by atoms with van der Waals surface area (Å²) in [6.45, 7) is 4.10. The minimum atomic E-state index is -0.883. The maximum absolute atomic E-state index is 10.6. The van der Waals surface area contributed by atoms with Crippen LogP contribution in [-0.4, -0.2) is 17.1 Å². The standard InChI is InChI=1S/C11H23NO2.ClH/c1-3-4-5-6-7-8-9(2)10(12)11(13)14;/h9-10H,3-8,12H2,1-2H3,(H,13,14);1H. The molecule has 0 fully saturated rings. The van der Waals surface area contributed by atoms with Crippen LogP contribution in [0.1, 0.15) is 52.4 Å². The van der Waals surface area contributed by atoms with Crippen LogP contribution in [0.4, 0.5) is 0 Å². The van der Waals surface area contributed by atoms with Crippen LogP contribution in [0.15, 0.2) is 0 Å². The van der Waals surface area contributed by atoms with Crippen molar-refractivity contribution in [3.05, 3.63) is 0 Å². The number of aliphatic carboxylic acids is 1. The highest BCUT2D eigenvalue weighted by molar-refractivity contribution is 5.85. The zero-order valence-electron chi connectivity index (χ0n) is 9.74. The lowest BCUT2D eigenvalue weighted by atomic mass is 9.95. The molecule has 0 heterocycles. The highest BCUT2D eigenvalue weighted by Crippen LogP contribution is 2.13. The van der Waals surface area contributed by atoms with Crippen molar-refractivity contribution < 1.29 is 9.90 Å². The van der Waals surface area contributed by atoms with E-state index in [9.17, 15) is 4.79 Å². The number of rotatable bonds is 8. The minimum absolute atomic E-state index is 0. The maximum Gasteiger partial charge on any atom is 0.320 e. The Labute approximate surface area is 98.8 Å². The predicted molar refractivity (Wildman–Crippen MR) is 65.4 cm³/mol. The molecular formula is C11H24ClNO2. The van der Waals surface area contributed by atoms with E-state index in [0.29, 0.717) is 0 Å². The van der Waals surface area contributed by atoms with Gasteiger partial charge in [0.2, 0.25) is 0 Å². The zero-order valence-corrected chi connectivity index (χ0v) is 10.6. The van der Waals surface area contributed by atoms with Crippen LogP contribution in [0, 0.1) is 5.92 Å². The molecule has 0 bridgehead atoms. The van der Waals surface area contributed by atoms with Gasteiger partial charge >= 0.3 is 5.97 Å². The third-order valence-electron chi connectivity index (χ3n) is 2.66. The molecule has 0 aliphatic heterocycles. The molecule has 2 atom stereocenters. The van der Waals surface area contributed by atoms with E-state index in [1.807, 2.05) is 6.92 Å². The number of hydrogen-bond acceptors (Lipinski definition) is 2. The molecule has 0 saturated heterocycles. The highest BCUT2D eigenvalue weighted by atomic mass is 35.5. The summed E-state index contributed by atoms with van der Waals surface area (Å²) in [6, 6.07) is -0.693. The molecule has 0 aliphatic carbocycles. The van der Waals surface area contributed by atoms with Crippen molar-refractivity contribution in [3.8, 4) is 0 Å². The molecule has 0 amide bonds. The Bertz CT molecular complexity index is 165. The summed E-state index contributed by atoms with van der Waals surface area (Å²) in [7, 11) is 0. The zero-order chi connectivity index (χ0) is 11.0. The van der Waals surface area contributed by atoms with E-state index in [4.69, 9.17) is 10.8 Å². The Morgan fingerprint density at radius 3 is 2.27 bits per heavy atom. The van der Waals surface area contributed by atoms with Crippen molar-refractivity contribution >= 4 is 18.4 Å². The topological polar surface area (TPSA) is 63.3 Å². The number of carboxylic acid groups (broad SMARTS) is 1. The third kappa shape index (κ3) is 8.70. The molecule has 0 radical (unpaired) electrons. The van der Waals surface area contributed by atoms with E-state index >= 15 is 0 Å². The normalized spacial score (nSPS) is 14.1. The predicted octanol–water partition coefficient (Wildman–Crippen LogP) is 2.82. The van der Waals surface area contributed by atoms with E-state index in [1.165, 1.54) is 25.7 Å². The maximum atomic E-state index is 10.6.